The van der Waals surface area contributed by atoms with Gasteiger partial charge in [-0.3, -0.25) is 9.59 Å². The van der Waals surface area contributed by atoms with Gasteiger partial charge in [0.25, 0.3) is 5.91 Å². The summed E-state index contributed by atoms with van der Waals surface area (Å²) in [4.78, 5) is 36.9. The van der Waals surface area contributed by atoms with Gasteiger partial charge in [0, 0.05) is 25.6 Å². The molecular formula is C16H24F3N3O4. The van der Waals surface area contributed by atoms with Gasteiger partial charge in [0.15, 0.2) is 6.10 Å². The summed E-state index contributed by atoms with van der Waals surface area (Å²) >= 11 is 0. The summed E-state index contributed by atoms with van der Waals surface area (Å²) in [5, 5.41) is 2.65. The Morgan fingerprint density at radius 1 is 1.38 bits per heavy atom. The summed E-state index contributed by atoms with van der Waals surface area (Å²) in [5.41, 5.74) is 5.76. The second-order valence-electron chi connectivity index (χ2n) is 7.71. The second kappa shape index (κ2) is 7.42. The largest absolute Gasteiger partial charge is 0.490 e. The van der Waals surface area contributed by atoms with Crippen LogP contribution in [0.3, 0.4) is 0 Å². The van der Waals surface area contributed by atoms with Gasteiger partial charge >= 0.3 is 12.1 Å². The first-order chi connectivity index (χ1) is 11.9. The molecule has 0 aromatic carbocycles. The third kappa shape index (κ3) is 4.87. The number of amides is 2. The summed E-state index contributed by atoms with van der Waals surface area (Å²) in [6.07, 6.45) is -5.80. The Labute approximate surface area is 149 Å². The van der Waals surface area contributed by atoms with Crippen LogP contribution in [0.1, 0.15) is 33.1 Å². The number of nitrogens with zero attached hydrogens (tertiary/aromatic N) is 1. The highest BCUT2D eigenvalue weighted by Gasteiger charge is 2.48. The molecule has 10 heteroatoms. The minimum atomic E-state index is -5.23. The Bertz CT molecular complexity index is 572. The summed E-state index contributed by atoms with van der Waals surface area (Å²) in [6, 6.07) is -1.20. The molecule has 3 atom stereocenters. The summed E-state index contributed by atoms with van der Waals surface area (Å²) < 4.78 is 42.1. The number of alkyl halides is 3. The molecule has 2 saturated heterocycles. The lowest BCUT2D eigenvalue weighted by Crippen LogP contribution is -2.61. The summed E-state index contributed by atoms with van der Waals surface area (Å²) in [6.45, 7) is 5.00. The maximum Gasteiger partial charge on any atom is 0.490 e. The van der Waals surface area contributed by atoms with Gasteiger partial charge < -0.3 is 20.7 Å². The van der Waals surface area contributed by atoms with E-state index in [2.05, 4.69) is 10.1 Å². The fourth-order valence-corrected chi connectivity index (χ4v) is 3.34. The number of rotatable bonds is 5. The van der Waals surface area contributed by atoms with Crippen molar-refractivity contribution in [3.05, 3.63) is 0 Å². The van der Waals surface area contributed by atoms with Crippen LogP contribution >= 0.6 is 0 Å². The van der Waals surface area contributed by atoms with Crippen molar-refractivity contribution in [1.82, 2.24) is 10.2 Å². The van der Waals surface area contributed by atoms with Crippen molar-refractivity contribution < 1.29 is 32.3 Å². The second-order valence-corrected chi connectivity index (χ2v) is 7.71. The van der Waals surface area contributed by atoms with Crippen LogP contribution < -0.4 is 11.1 Å². The normalized spacial score (nSPS) is 24.9. The van der Waals surface area contributed by atoms with Crippen molar-refractivity contribution in [2.24, 2.45) is 17.1 Å². The van der Waals surface area contributed by atoms with Crippen LogP contribution in [-0.4, -0.2) is 60.6 Å². The fraction of sp³-hybridized carbons (Fsp3) is 0.812. The van der Waals surface area contributed by atoms with Gasteiger partial charge in [-0.05, 0) is 24.7 Å². The standard InChI is InChI=1S/C16H24F3N3O4/c1-15(2)7-22(8-15)13(24)11(26-14(25)16(17,18)19)10(20)6-9-4-3-5-21-12(9)23/h9-11H,3-8,20H2,1-2H3,(H,21,23)/t9-,10-,11?/m0/s1. The fourth-order valence-electron chi connectivity index (χ4n) is 3.34. The van der Waals surface area contributed by atoms with Crippen molar-refractivity contribution in [2.45, 2.75) is 51.4 Å². The minimum absolute atomic E-state index is 0.0371. The maximum atomic E-state index is 12.6. The van der Waals surface area contributed by atoms with E-state index in [1.165, 1.54) is 4.90 Å². The van der Waals surface area contributed by atoms with Crippen LogP contribution in [0.25, 0.3) is 0 Å². The number of carbonyl (C=O) groups is 3. The molecule has 7 nitrogen and oxygen atoms in total. The quantitative estimate of drug-likeness (QED) is 0.680. The van der Waals surface area contributed by atoms with Crippen LogP contribution in [0, 0.1) is 11.3 Å². The highest BCUT2D eigenvalue weighted by Crippen LogP contribution is 2.31. The van der Waals surface area contributed by atoms with E-state index in [1.807, 2.05) is 13.8 Å². The average molecular weight is 379 g/mol. The maximum absolute atomic E-state index is 12.6. The van der Waals surface area contributed by atoms with Crippen LogP contribution in [-0.2, 0) is 19.1 Å². The van der Waals surface area contributed by atoms with Crippen LogP contribution in [0.5, 0.6) is 0 Å². The monoisotopic (exact) mass is 379 g/mol. The number of carbonyl (C=O) groups excluding carboxylic acids is 3. The van der Waals surface area contributed by atoms with E-state index in [0.717, 1.165) is 0 Å². The Hall–Kier alpha value is -1.84. The van der Waals surface area contributed by atoms with Gasteiger partial charge in [0.1, 0.15) is 0 Å². The third-order valence-electron chi connectivity index (χ3n) is 4.60. The molecule has 2 aliphatic heterocycles. The Balaban J connectivity index is 2.09. The highest BCUT2D eigenvalue weighted by molar-refractivity contribution is 5.87. The molecule has 3 N–H and O–H groups in total. The van der Waals surface area contributed by atoms with Crippen molar-refractivity contribution in [3.63, 3.8) is 0 Å². The predicted molar refractivity (Wildman–Crippen MR) is 84.6 cm³/mol. The molecule has 0 aromatic heterocycles. The molecule has 0 saturated carbocycles. The molecule has 2 fully saturated rings. The number of nitrogens with one attached hydrogen (secondary N) is 1. The topological polar surface area (TPSA) is 102 Å². The SMILES string of the molecule is CC1(C)CN(C(=O)C(OC(=O)C(F)(F)F)[C@@H](N)C[C@@H]2CCCNC2=O)C1. The van der Waals surface area contributed by atoms with Gasteiger partial charge in [0.2, 0.25) is 5.91 Å². The van der Waals surface area contributed by atoms with Gasteiger partial charge in [0.05, 0.1) is 6.04 Å². The lowest BCUT2D eigenvalue weighted by atomic mass is 9.83. The number of nitrogens with two attached hydrogens (primary N) is 1. The van der Waals surface area contributed by atoms with Gasteiger partial charge in [-0.2, -0.15) is 13.2 Å². The van der Waals surface area contributed by atoms with Crippen LogP contribution in [0.2, 0.25) is 0 Å². The molecule has 0 radical (unpaired) electrons. The number of esters is 1. The van der Waals surface area contributed by atoms with Crippen LogP contribution in [0.15, 0.2) is 0 Å². The smallest absolute Gasteiger partial charge is 0.444 e. The predicted octanol–water partition coefficient (Wildman–Crippen LogP) is 0.572. The zero-order valence-corrected chi connectivity index (χ0v) is 14.8. The molecule has 0 aliphatic carbocycles. The van der Waals surface area contributed by atoms with E-state index in [-0.39, 0.29) is 17.7 Å². The zero-order valence-electron chi connectivity index (χ0n) is 14.8. The number of likely N-dealkylation sites (tertiary alicyclic amines) is 1. The molecule has 148 valence electrons. The summed E-state index contributed by atoms with van der Waals surface area (Å²) in [5.74, 6) is -4.00. The van der Waals surface area contributed by atoms with E-state index in [4.69, 9.17) is 5.73 Å². The minimum Gasteiger partial charge on any atom is -0.444 e. The first-order valence-electron chi connectivity index (χ1n) is 8.50. The number of hydrogen-bond donors (Lipinski definition) is 2. The van der Waals surface area contributed by atoms with E-state index in [9.17, 15) is 27.6 Å². The summed E-state index contributed by atoms with van der Waals surface area (Å²) in [7, 11) is 0. The molecule has 0 bridgehead atoms. The number of hydrogen-bond acceptors (Lipinski definition) is 5. The van der Waals surface area contributed by atoms with Crippen molar-refractivity contribution in [2.75, 3.05) is 19.6 Å². The Morgan fingerprint density at radius 2 is 2.00 bits per heavy atom. The Morgan fingerprint density at radius 3 is 2.50 bits per heavy atom. The molecule has 0 aromatic rings. The Kier molecular flexibility index (Phi) is 5.84. The van der Waals surface area contributed by atoms with Crippen LogP contribution in [0.4, 0.5) is 13.2 Å². The van der Waals surface area contributed by atoms with E-state index in [0.29, 0.717) is 32.5 Å². The lowest BCUT2D eigenvalue weighted by Gasteiger charge is -2.47. The molecule has 0 spiro atoms. The zero-order chi connectivity index (χ0) is 19.7. The van der Waals surface area contributed by atoms with Crippen molar-refractivity contribution >= 4 is 17.8 Å². The van der Waals surface area contributed by atoms with Crippen molar-refractivity contribution in [1.29, 1.82) is 0 Å². The van der Waals surface area contributed by atoms with Gasteiger partial charge in [-0.15, -0.1) is 0 Å². The van der Waals surface area contributed by atoms with E-state index < -0.39 is 36.1 Å². The molecule has 26 heavy (non-hydrogen) atoms. The third-order valence-corrected chi connectivity index (χ3v) is 4.60. The lowest BCUT2D eigenvalue weighted by molar-refractivity contribution is -0.208. The van der Waals surface area contributed by atoms with E-state index in [1.54, 1.807) is 0 Å². The molecule has 2 rings (SSSR count). The average Bonchev–Trinajstić information content (AvgIpc) is 2.50. The number of halogens is 3. The van der Waals surface area contributed by atoms with Gasteiger partial charge in [-0.1, -0.05) is 13.8 Å². The molecular weight excluding hydrogens is 355 g/mol. The number of piperidine rings is 1. The van der Waals surface area contributed by atoms with Gasteiger partial charge in [-0.25, -0.2) is 4.79 Å². The molecule has 2 amide bonds. The first-order valence-corrected chi connectivity index (χ1v) is 8.50. The molecule has 1 unspecified atom stereocenters. The highest BCUT2D eigenvalue weighted by atomic mass is 19.4. The molecule has 2 aliphatic rings. The number of ether oxygens (including phenoxy) is 1. The first kappa shape index (κ1) is 20.5. The van der Waals surface area contributed by atoms with Crippen molar-refractivity contribution in [3.8, 4) is 0 Å². The van der Waals surface area contributed by atoms with E-state index >= 15 is 0 Å². The molecule has 2 heterocycles.